The van der Waals surface area contributed by atoms with Crippen LogP contribution in [0.15, 0.2) is 12.2 Å². The lowest BCUT2D eigenvalue weighted by molar-refractivity contribution is -0.242. The molecule has 0 radical (unpaired) electrons. The van der Waals surface area contributed by atoms with E-state index in [2.05, 4.69) is 13.5 Å². The summed E-state index contributed by atoms with van der Waals surface area (Å²) in [5.74, 6) is 0.202. The van der Waals surface area contributed by atoms with Crippen LogP contribution in [-0.2, 0) is 4.79 Å². The van der Waals surface area contributed by atoms with Gasteiger partial charge in [0.05, 0.1) is 18.3 Å². The summed E-state index contributed by atoms with van der Waals surface area (Å²) in [4.78, 5) is 12.5. The lowest BCUT2D eigenvalue weighted by atomic mass is 9.39. The molecule has 4 saturated carbocycles. The van der Waals surface area contributed by atoms with E-state index < -0.39 is 29.1 Å². The highest BCUT2D eigenvalue weighted by molar-refractivity contribution is 5.85. The van der Waals surface area contributed by atoms with Gasteiger partial charge in [0.25, 0.3) is 0 Å². The monoisotopic (exact) mass is 334 g/mol. The minimum Gasteiger partial charge on any atom is -0.393 e. The minimum atomic E-state index is -0.752. The van der Waals surface area contributed by atoms with Gasteiger partial charge in [0.15, 0.2) is 0 Å². The molecule has 0 unspecified atom stereocenters. The van der Waals surface area contributed by atoms with Crippen LogP contribution in [0.25, 0.3) is 0 Å². The molecule has 0 amide bonds. The van der Waals surface area contributed by atoms with Crippen molar-refractivity contribution in [2.24, 2.45) is 34.0 Å². The zero-order valence-corrected chi connectivity index (χ0v) is 15.0. The first-order valence-electron chi connectivity index (χ1n) is 9.33. The Morgan fingerprint density at radius 3 is 2.46 bits per heavy atom. The van der Waals surface area contributed by atoms with Crippen molar-refractivity contribution in [3.8, 4) is 0 Å². The van der Waals surface area contributed by atoms with E-state index in [1.165, 1.54) is 0 Å². The van der Waals surface area contributed by atoms with Gasteiger partial charge in [-0.2, -0.15) is 0 Å². The normalized spacial score (nSPS) is 55.9. The van der Waals surface area contributed by atoms with Crippen LogP contribution in [0, 0.1) is 34.0 Å². The fourth-order valence-electron chi connectivity index (χ4n) is 7.41. The van der Waals surface area contributed by atoms with Crippen molar-refractivity contribution in [2.75, 3.05) is 0 Å². The van der Waals surface area contributed by atoms with Crippen LogP contribution in [0.3, 0.4) is 0 Å². The number of aliphatic hydroxyl groups is 3. The lowest BCUT2D eigenvalue weighted by Crippen LogP contribution is -2.67. The number of ketones is 1. The van der Waals surface area contributed by atoms with Crippen molar-refractivity contribution in [1.29, 1.82) is 0 Å². The number of rotatable bonds is 0. The summed E-state index contributed by atoms with van der Waals surface area (Å²) < 4.78 is 0. The van der Waals surface area contributed by atoms with Gasteiger partial charge in [-0.15, -0.1) is 0 Å². The first kappa shape index (κ1) is 16.7. The van der Waals surface area contributed by atoms with Crippen LogP contribution in [-0.4, -0.2) is 39.4 Å². The van der Waals surface area contributed by atoms with Crippen molar-refractivity contribution in [2.45, 2.75) is 71.2 Å². The van der Waals surface area contributed by atoms with Crippen LogP contribution in [0.5, 0.6) is 0 Å². The summed E-state index contributed by atoms with van der Waals surface area (Å²) in [6.07, 6.45) is 1.11. The molecule has 0 aliphatic heterocycles. The number of carbonyl (C=O) groups is 1. The number of aliphatic hydroxyl groups excluding tert-OH is 3. The molecule has 2 bridgehead atoms. The molecule has 4 aliphatic carbocycles. The first-order valence-corrected chi connectivity index (χ1v) is 9.33. The van der Waals surface area contributed by atoms with Crippen molar-refractivity contribution < 1.29 is 20.1 Å². The molecular formula is C20H30O4. The smallest absolute Gasteiger partial charge is 0.138 e. The Morgan fingerprint density at radius 2 is 1.79 bits per heavy atom. The Bertz CT molecular complexity index is 611. The van der Waals surface area contributed by atoms with Crippen LogP contribution >= 0.6 is 0 Å². The highest BCUT2D eigenvalue weighted by atomic mass is 16.3. The lowest BCUT2D eigenvalue weighted by Gasteiger charge is -2.65. The Morgan fingerprint density at radius 1 is 1.12 bits per heavy atom. The predicted octanol–water partition coefficient (Wildman–Crippen LogP) is 2.07. The number of Topliss-reactive ketones (excluding diaryl/α,β-unsaturated/α-hetero) is 1. The summed E-state index contributed by atoms with van der Waals surface area (Å²) in [6, 6.07) is 0. The SMILES string of the molecule is C=C1[C@@H]2C[C@H](O)[C@H]3[C@]4(C)CCC(=O)C(C)(C)[C@H]4C[C@@H](O)[C@]3(C2)[C@@H]1O. The molecule has 4 aliphatic rings. The van der Waals surface area contributed by atoms with Gasteiger partial charge in [-0.1, -0.05) is 27.4 Å². The molecule has 4 nitrogen and oxygen atoms in total. The van der Waals surface area contributed by atoms with Crippen LogP contribution in [0.4, 0.5) is 0 Å². The van der Waals surface area contributed by atoms with Gasteiger partial charge in [-0.25, -0.2) is 0 Å². The van der Waals surface area contributed by atoms with Gasteiger partial charge in [0.1, 0.15) is 5.78 Å². The maximum atomic E-state index is 12.5. The van der Waals surface area contributed by atoms with Crippen LogP contribution in [0.1, 0.15) is 52.9 Å². The summed E-state index contributed by atoms with van der Waals surface area (Å²) in [5.41, 5.74) is -0.649. The standard InChI is InChI=1S/C20H30O4/c1-10-11-7-12(21)16-19(4)6-5-14(22)18(2,3)13(19)8-15(23)20(16,9-11)17(10)24/h11-13,15-17,21,23-24H,1,5-9H2,2-4H3/t11-,12+,13-,15-,16+,17-,19-,20+/m1/s1. The Kier molecular flexibility index (Phi) is 3.29. The Balaban J connectivity index is 1.87. The fraction of sp³-hybridized carbons (Fsp3) is 0.850. The summed E-state index contributed by atoms with van der Waals surface area (Å²) in [5, 5.41) is 33.2. The van der Waals surface area contributed by atoms with E-state index in [0.717, 1.165) is 12.0 Å². The van der Waals surface area contributed by atoms with Crippen LogP contribution in [0.2, 0.25) is 0 Å². The third-order valence-corrected chi connectivity index (χ3v) is 8.54. The van der Waals surface area contributed by atoms with E-state index in [1.54, 1.807) is 0 Å². The van der Waals surface area contributed by atoms with Gasteiger partial charge in [0.2, 0.25) is 0 Å². The maximum Gasteiger partial charge on any atom is 0.138 e. The molecule has 4 fully saturated rings. The van der Waals surface area contributed by atoms with E-state index in [4.69, 9.17) is 0 Å². The van der Waals surface area contributed by atoms with E-state index in [1.807, 2.05) is 13.8 Å². The molecule has 24 heavy (non-hydrogen) atoms. The van der Waals surface area contributed by atoms with Crippen molar-refractivity contribution in [3.63, 3.8) is 0 Å². The Labute approximate surface area is 144 Å². The number of fused-ring (bicyclic) bond motifs is 3. The van der Waals surface area contributed by atoms with Gasteiger partial charge in [-0.3, -0.25) is 4.79 Å². The van der Waals surface area contributed by atoms with Gasteiger partial charge in [-0.05, 0) is 48.5 Å². The van der Waals surface area contributed by atoms with Crippen molar-refractivity contribution in [1.82, 2.24) is 0 Å². The van der Waals surface area contributed by atoms with E-state index in [0.29, 0.717) is 25.7 Å². The zero-order chi connectivity index (χ0) is 17.7. The quantitative estimate of drug-likeness (QED) is 0.593. The second-order valence-electron chi connectivity index (χ2n) is 9.73. The predicted molar refractivity (Wildman–Crippen MR) is 90.0 cm³/mol. The van der Waals surface area contributed by atoms with Gasteiger partial charge in [0, 0.05) is 23.2 Å². The summed E-state index contributed by atoms with van der Waals surface area (Å²) >= 11 is 0. The average molecular weight is 334 g/mol. The van der Waals surface area contributed by atoms with Crippen LogP contribution < -0.4 is 0 Å². The zero-order valence-electron chi connectivity index (χ0n) is 15.0. The molecule has 3 N–H and O–H groups in total. The molecule has 0 aromatic heterocycles. The topological polar surface area (TPSA) is 77.8 Å². The number of carbonyl (C=O) groups excluding carboxylic acids is 1. The average Bonchev–Trinajstić information content (AvgIpc) is 2.70. The summed E-state index contributed by atoms with van der Waals surface area (Å²) in [6.45, 7) is 10.2. The number of hydrogen-bond donors (Lipinski definition) is 3. The molecule has 4 rings (SSSR count). The molecule has 0 saturated heterocycles. The molecular weight excluding hydrogens is 304 g/mol. The molecule has 4 heteroatoms. The molecule has 0 aromatic carbocycles. The molecule has 0 heterocycles. The fourth-order valence-corrected chi connectivity index (χ4v) is 7.41. The van der Waals surface area contributed by atoms with Gasteiger partial charge < -0.3 is 15.3 Å². The van der Waals surface area contributed by atoms with E-state index >= 15 is 0 Å². The largest absolute Gasteiger partial charge is 0.393 e. The molecule has 8 atom stereocenters. The second kappa shape index (κ2) is 4.72. The second-order valence-corrected chi connectivity index (χ2v) is 9.73. The molecule has 1 spiro atoms. The highest BCUT2D eigenvalue weighted by Crippen LogP contribution is 2.71. The summed E-state index contributed by atoms with van der Waals surface area (Å²) in [7, 11) is 0. The van der Waals surface area contributed by atoms with Crippen molar-refractivity contribution >= 4 is 5.78 Å². The third-order valence-electron chi connectivity index (χ3n) is 8.54. The molecule has 0 aromatic rings. The van der Waals surface area contributed by atoms with E-state index in [9.17, 15) is 20.1 Å². The third kappa shape index (κ3) is 1.68. The van der Waals surface area contributed by atoms with E-state index in [-0.39, 0.29) is 29.0 Å². The number of hydrogen-bond acceptors (Lipinski definition) is 4. The Hall–Kier alpha value is -0.710. The maximum absolute atomic E-state index is 12.5. The molecule has 134 valence electrons. The first-order chi connectivity index (χ1) is 11.1. The minimum absolute atomic E-state index is 0.0316. The van der Waals surface area contributed by atoms with Crippen molar-refractivity contribution in [3.05, 3.63) is 12.2 Å². The van der Waals surface area contributed by atoms with Gasteiger partial charge >= 0.3 is 0 Å². The highest BCUT2D eigenvalue weighted by Gasteiger charge is 2.72.